The fraction of sp³-hybridized carbons (Fsp3) is 0.267. The highest BCUT2D eigenvalue weighted by atomic mass is 16.7. The highest BCUT2D eigenvalue weighted by molar-refractivity contribution is 5.84. The summed E-state index contributed by atoms with van der Waals surface area (Å²) in [5, 5.41) is 17.7. The van der Waals surface area contributed by atoms with Crippen molar-refractivity contribution in [2.45, 2.75) is 18.9 Å². The van der Waals surface area contributed by atoms with Gasteiger partial charge in [-0.1, -0.05) is 6.07 Å². The fourth-order valence-electron chi connectivity index (χ4n) is 2.24. The highest BCUT2D eigenvalue weighted by Crippen LogP contribution is 2.23. The van der Waals surface area contributed by atoms with Crippen molar-refractivity contribution in [2.75, 3.05) is 7.11 Å². The van der Waals surface area contributed by atoms with Gasteiger partial charge in [0.15, 0.2) is 11.3 Å². The number of fused-ring (bicyclic) bond motifs is 1. The van der Waals surface area contributed by atoms with E-state index in [4.69, 9.17) is 14.3 Å². The van der Waals surface area contributed by atoms with E-state index < -0.39 is 48.3 Å². The van der Waals surface area contributed by atoms with Crippen LogP contribution < -0.4 is 16.1 Å². The normalized spacial score (nSPS) is 11.7. The average Bonchev–Trinajstić information content (AvgIpc) is 2.57. The summed E-state index contributed by atoms with van der Waals surface area (Å²) >= 11 is 0. The monoisotopic (exact) mass is 367 g/mol. The van der Waals surface area contributed by atoms with Crippen molar-refractivity contribution in [1.29, 1.82) is 0 Å². The lowest BCUT2D eigenvalue weighted by Crippen LogP contribution is -2.39. The van der Waals surface area contributed by atoms with Crippen LogP contribution in [0.15, 0.2) is 32.2 Å². The van der Waals surface area contributed by atoms with Gasteiger partial charge in [0.25, 0.3) is 5.56 Å². The summed E-state index contributed by atoms with van der Waals surface area (Å²) in [4.78, 5) is 58.0. The largest absolute Gasteiger partial charge is 0.513 e. The predicted molar refractivity (Wildman–Crippen MR) is 83.3 cm³/mol. The van der Waals surface area contributed by atoms with Crippen LogP contribution in [-0.2, 0) is 14.3 Å². The van der Waals surface area contributed by atoms with Crippen molar-refractivity contribution in [2.24, 2.45) is 0 Å². The summed E-state index contributed by atoms with van der Waals surface area (Å²) in [6.45, 7) is 0. The minimum absolute atomic E-state index is 0.229. The number of nitrogens with zero attached hydrogens (tertiary/aromatic N) is 1. The molecule has 1 unspecified atom stereocenters. The number of methoxy groups -OCH3 is 1. The summed E-state index contributed by atoms with van der Waals surface area (Å²) < 4.78 is 14.4. The molecule has 0 bridgehead atoms. The average molecular weight is 367 g/mol. The molecule has 1 atom stereocenters. The van der Waals surface area contributed by atoms with E-state index in [0.29, 0.717) is 4.57 Å². The van der Waals surface area contributed by atoms with Crippen molar-refractivity contribution >= 4 is 29.1 Å². The Bertz CT molecular complexity index is 986. The summed E-state index contributed by atoms with van der Waals surface area (Å²) in [6.07, 6.45) is -2.19. The van der Waals surface area contributed by atoms with E-state index in [0.717, 1.165) is 7.11 Å². The van der Waals surface area contributed by atoms with Gasteiger partial charge in [-0.05, 0) is 18.6 Å². The molecule has 0 saturated carbocycles. The summed E-state index contributed by atoms with van der Waals surface area (Å²) in [5.74, 6) is -4.46. The first-order chi connectivity index (χ1) is 12.3. The van der Waals surface area contributed by atoms with Gasteiger partial charge < -0.3 is 24.1 Å². The van der Waals surface area contributed by atoms with Crippen LogP contribution in [0.25, 0.3) is 11.0 Å². The standard InChI is InChI=1S/C15H13NO10/c1-24-15(23)25-9-4-2-3-7-11(9)26-14(22)16(12(7)19)8(13(20)21)5-6-10(17)18/h2-4,8H,5-6H2,1H3,(H,17,18)(H,20,21). The molecule has 1 aromatic carbocycles. The Morgan fingerprint density at radius 2 is 1.92 bits per heavy atom. The van der Waals surface area contributed by atoms with E-state index in [1.54, 1.807) is 0 Å². The number of hydrogen-bond acceptors (Lipinski definition) is 8. The van der Waals surface area contributed by atoms with E-state index >= 15 is 0 Å². The Labute approximate surface area is 144 Å². The highest BCUT2D eigenvalue weighted by Gasteiger charge is 2.27. The van der Waals surface area contributed by atoms with Crippen LogP contribution in [0.5, 0.6) is 5.75 Å². The number of rotatable bonds is 6. The van der Waals surface area contributed by atoms with Gasteiger partial charge in [-0.25, -0.2) is 19.0 Å². The zero-order chi connectivity index (χ0) is 19.4. The predicted octanol–water partition coefficient (Wildman–Crippen LogP) is 0.590. The molecule has 0 spiro atoms. The van der Waals surface area contributed by atoms with Crippen LogP contribution >= 0.6 is 0 Å². The van der Waals surface area contributed by atoms with Gasteiger partial charge in [-0.3, -0.25) is 9.59 Å². The first kappa shape index (κ1) is 18.7. The second-order valence-corrected chi connectivity index (χ2v) is 5.02. The lowest BCUT2D eigenvalue weighted by Gasteiger charge is -2.14. The van der Waals surface area contributed by atoms with Gasteiger partial charge in [0.2, 0.25) is 0 Å². The number of carboxylic acid groups (broad SMARTS) is 2. The van der Waals surface area contributed by atoms with E-state index in [-0.39, 0.29) is 16.7 Å². The van der Waals surface area contributed by atoms with Crippen LogP contribution in [0.4, 0.5) is 4.79 Å². The number of ether oxygens (including phenoxy) is 2. The van der Waals surface area contributed by atoms with Gasteiger partial charge in [-0.15, -0.1) is 0 Å². The molecule has 0 fully saturated rings. The van der Waals surface area contributed by atoms with Crippen LogP contribution in [0.2, 0.25) is 0 Å². The Kier molecular flexibility index (Phi) is 5.40. The van der Waals surface area contributed by atoms with Crippen molar-refractivity contribution in [3.8, 4) is 5.75 Å². The maximum Gasteiger partial charge on any atom is 0.513 e. The maximum absolute atomic E-state index is 12.6. The van der Waals surface area contributed by atoms with E-state index in [1.807, 2.05) is 0 Å². The van der Waals surface area contributed by atoms with Gasteiger partial charge in [0.1, 0.15) is 6.04 Å². The van der Waals surface area contributed by atoms with Crippen molar-refractivity contribution < 1.29 is 38.5 Å². The van der Waals surface area contributed by atoms with Gasteiger partial charge in [0.05, 0.1) is 12.5 Å². The number of carbonyl (C=O) groups is 3. The molecule has 26 heavy (non-hydrogen) atoms. The Balaban J connectivity index is 2.65. The molecule has 2 N–H and O–H groups in total. The molecule has 11 nitrogen and oxygen atoms in total. The smallest absolute Gasteiger partial charge is 0.481 e. The molecule has 0 aliphatic carbocycles. The fourth-order valence-corrected chi connectivity index (χ4v) is 2.24. The molecule has 0 amide bonds. The molecule has 0 radical (unpaired) electrons. The Morgan fingerprint density at radius 3 is 2.50 bits per heavy atom. The third-order valence-electron chi connectivity index (χ3n) is 3.40. The second kappa shape index (κ2) is 7.51. The number of aromatic nitrogens is 1. The SMILES string of the molecule is COC(=O)Oc1cccc2c(=O)n(C(CCC(=O)O)C(=O)O)c(=O)oc12. The summed E-state index contributed by atoms with van der Waals surface area (Å²) in [7, 11) is 1.05. The van der Waals surface area contributed by atoms with E-state index in [1.165, 1.54) is 18.2 Å². The molecule has 138 valence electrons. The molecule has 2 rings (SSSR count). The minimum Gasteiger partial charge on any atom is -0.481 e. The number of aliphatic carboxylic acids is 2. The van der Waals surface area contributed by atoms with Crippen LogP contribution in [0.3, 0.4) is 0 Å². The van der Waals surface area contributed by atoms with Gasteiger partial charge >= 0.3 is 23.9 Å². The van der Waals surface area contributed by atoms with Crippen molar-refractivity contribution in [3.05, 3.63) is 39.1 Å². The Hall–Kier alpha value is -3.63. The van der Waals surface area contributed by atoms with Crippen LogP contribution in [0.1, 0.15) is 18.9 Å². The molecule has 2 aromatic rings. The third kappa shape index (κ3) is 3.71. The molecule has 0 aliphatic rings. The first-order valence-electron chi connectivity index (χ1n) is 7.15. The molecular formula is C15H13NO10. The third-order valence-corrected chi connectivity index (χ3v) is 3.40. The number of carboxylic acids is 2. The second-order valence-electron chi connectivity index (χ2n) is 5.02. The molecule has 1 aromatic heterocycles. The van der Waals surface area contributed by atoms with Gasteiger partial charge in [-0.2, -0.15) is 0 Å². The quantitative estimate of drug-likeness (QED) is 0.545. The molecule has 1 heterocycles. The van der Waals surface area contributed by atoms with E-state index in [2.05, 4.69) is 4.74 Å². The van der Waals surface area contributed by atoms with Crippen molar-refractivity contribution in [1.82, 2.24) is 4.57 Å². The zero-order valence-electron chi connectivity index (χ0n) is 13.3. The van der Waals surface area contributed by atoms with Gasteiger partial charge in [0, 0.05) is 6.42 Å². The molecular weight excluding hydrogens is 354 g/mol. The zero-order valence-corrected chi connectivity index (χ0v) is 13.3. The van der Waals surface area contributed by atoms with Crippen LogP contribution in [-0.4, -0.2) is 40.0 Å². The van der Waals surface area contributed by atoms with E-state index in [9.17, 15) is 29.1 Å². The summed E-state index contributed by atoms with van der Waals surface area (Å²) in [5.41, 5.74) is -1.39. The topological polar surface area (TPSA) is 162 Å². The molecule has 0 saturated heterocycles. The Morgan fingerprint density at radius 1 is 1.23 bits per heavy atom. The minimum atomic E-state index is -1.73. The number of carbonyl (C=O) groups excluding carboxylic acids is 1. The summed E-state index contributed by atoms with van der Waals surface area (Å²) in [6, 6.07) is 2.06. The number of hydrogen-bond donors (Lipinski definition) is 2. The molecule has 11 heteroatoms. The number of benzene rings is 1. The lowest BCUT2D eigenvalue weighted by molar-refractivity contribution is -0.142. The van der Waals surface area contributed by atoms with Crippen molar-refractivity contribution in [3.63, 3.8) is 0 Å². The first-order valence-corrected chi connectivity index (χ1v) is 7.15. The maximum atomic E-state index is 12.6. The van der Waals surface area contributed by atoms with Crippen LogP contribution in [0, 0.1) is 0 Å². The lowest BCUT2D eigenvalue weighted by atomic mass is 10.1. The number of para-hydroxylation sites is 1. The molecule has 0 aliphatic heterocycles.